The fourth-order valence-electron chi connectivity index (χ4n) is 1.20. The van der Waals surface area contributed by atoms with E-state index < -0.39 is 5.56 Å². The number of hydrogen-bond acceptors (Lipinski definition) is 5. The minimum atomic E-state index is -0.391. The lowest BCUT2D eigenvalue weighted by Gasteiger charge is -2.06. The molecule has 1 rings (SSSR count). The number of nitrogens with two attached hydrogens (primary N) is 1. The monoisotopic (exact) mass is 199 g/mol. The number of anilines is 1. The molecule has 5 N–H and O–H groups in total. The van der Waals surface area contributed by atoms with Gasteiger partial charge in [-0.1, -0.05) is 0 Å². The summed E-state index contributed by atoms with van der Waals surface area (Å²) in [5, 5.41) is 23.4. The van der Waals surface area contributed by atoms with Crippen LogP contribution in [0.4, 0.5) is 5.69 Å². The highest BCUT2D eigenvalue weighted by Crippen LogP contribution is 2.11. The third kappa shape index (κ3) is 2.09. The molecule has 0 unspecified atom stereocenters. The van der Waals surface area contributed by atoms with Crippen molar-refractivity contribution in [1.82, 2.24) is 10.2 Å². The number of aromatic nitrogens is 2. The van der Waals surface area contributed by atoms with Crippen molar-refractivity contribution < 1.29 is 10.2 Å². The minimum absolute atomic E-state index is 0.0815. The van der Waals surface area contributed by atoms with Crippen LogP contribution in [0.1, 0.15) is 11.3 Å². The van der Waals surface area contributed by atoms with E-state index in [2.05, 4.69) is 10.2 Å². The van der Waals surface area contributed by atoms with E-state index in [-0.39, 0.29) is 25.3 Å². The molecule has 0 aliphatic rings. The van der Waals surface area contributed by atoms with Crippen molar-refractivity contribution in [1.29, 1.82) is 0 Å². The van der Waals surface area contributed by atoms with Gasteiger partial charge in [-0.25, -0.2) is 5.10 Å². The van der Waals surface area contributed by atoms with Crippen LogP contribution >= 0.6 is 0 Å². The molecule has 6 nitrogen and oxygen atoms in total. The van der Waals surface area contributed by atoms with E-state index in [1.165, 1.54) is 0 Å². The lowest BCUT2D eigenvalue weighted by atomic mass is 10.1. The van der Waals surface area contributed by atoms with Gasteiger partial charge in [0.2, 0.25) is 0 Å². The van der Waals surface area contributed by atoms with Crippen LogP contribution in [-0.4, -0.2) is 33.6 Å². The zero-order valence-corrected chi connectivity index (χ0v) is 7.66. The van der Waals surface area contributed by atoms with Gasteiger partial charge in [0.15, 0.2) is 0 Å². The van der Waals surface area contributed by atoms with Gasteiger partial charge in [-0.2, -0.15) is 5.10 Å². The zero-order chi connectivity index (χ0) is 10.6. The standard InChI is InChI=1S/C8H13N3O3/c9-7-5(1-3-12)8(14)11-10-6(7)2-4-13/h12-13H,1-4H2,(H3,9,11,14). The number of H-pyrrole nitrogens is 1. The van der Waals surface area contributed by atoms with Gasteiger partial charge in [0.1, 0.15) is 0 Å². The van der Waals surface area contributed by atoms with Crippen molar-refractivity contribution in [2.75, 3.05) is 18.9 Å². The number of aromatic amines is 1. The Bertz CT molecular complexity index is 361. The first-order valence-corrected chi connectivity index (χ1v) is 4.28. The third-order valence-corrected chi connectivity index (χ3v) is 1.91. The van der Waals surface area contributed by atoms with E-state index in [0.717, 1.165) is 0 Å². The molecular weight excluding hydrogens is 186 g/mol. The predicted octanol–water partition coefficient (Wildman–Crippen LogP) is -1.58. The lowest BCUT2D eigenvalue weighted by molar-refractivity contribution is 0.296. The summed E-state index contributed by atoms with van der Waals surface area (Å²) in [6, 6.07) is 0. The summed E-state index contributed by atoms with van der Waals surface area (Å²) in [7, 11) is 0. The number of nitrogen functional groups attached to an aromatic ring is 1. The molecule has 0 radical (unpaired) electrons. The summed E-state index contributed by atoms with van der Waals surface area (Å²) in [4.78, 5) is 11.2. The number of aliphatic hydroxyl groups is 2. The van der Waals surface area contributed by atoms with Gasteiger partial charge in [0, 0.05) is 31.6 Å². The maximum absolute atomic E-state index is 11.2. The smallest absolute Gasteiger partial charge is 0.269 e. The Morgan fingerprint density at radius 2 is 1.93 bits per heavy atom. The van der Waals surface area contributed by atoms with Crippen molar-refractivity contribution in [3.8, 4) is 0 Å². The number of nitrogens with zero attached hydrogens (tertiary/aromatic N) is 1. The summed E-state index contributed by atoms with van der Waals surface area (Å²) in [5.74, 6) is 0. The van der Waals surface area contributed by atoms with Gasteiger partial charge < -0.3 is 15.9 Å². The Hall–Kier alpha value is -1.40. The van der Waals surface area contributed by atoms with E-state index in [1.54, 1.807) is 0 Å². The van der Waals surface area contributed by atoms with E-state index in [1.807, 2.05) is 0 Å². The predicted molar refractivity (Wildman–Crippen MR) is 50.8 cm³/mol. The van der Waals surface area contributed by atoms with Gasteiger partial charge in [0.05, 0.1) is 11.4 Å². The highest BCUT2D eigenvalue weighted by atomic mass is 16.3. The van der Waals surface area contributed by atoms with Crippen molar-refractivity contribution in [2.24, 2.45) is 0 Å². The largest absolute Gasteiger partial charge is 0.397 e. The van der Waals surface area contributed by atoms with Gasteiger partial charge in [-0.3, -0.25) is 4.79 Å². The molecule has 0 fully saturated rings. The summed E-state index contributed by atoms with van der Waals surface area (Å²) < 4.78 is 0. The fourth-order valence-corrected chi connectivity index (χ4v) is 1.20. The molecular formula is C8H13N3O3. The van der Waals surface area contributed by atoms with Crippen molar-refractivity contribution >= 4 is 5.69 Å². The van der Waals surface area contributed by atoms with Crippen LogP contribution < -0.4 is 11.3 Å². The third-order valence-electron chi connectivity index (χ3n) is 1.91. The summed E-state index contributed by atoms with van der Waals surface area (Å²) in [5.41, 5.74) is 6.30. The summed E-state index contributed by atoms with van der Waals surface area (Å²) in [6.45, 7) is -0.225. The van der Waals surface area contributed by atoms with Gasteiger partial charge in [-0.15, -0.1) is 0 Å². The second kappa shape index (κ2) is 4.73. The van der Waals surface area contributed by atoms with Crippen molar-refractivity contribution in [3.05, 3.63) is 21.6 Å². The highest BCUT2D eigenvalue weighted by molar-refractivity contribution is 5.49. The summed E-state index contributed by atoms with van der Waals surface area (Å²) >= 11 is 0. The van der Waals surface area contributed by atoms with Gasteiger partial charge in [0.25, 0.3) is 5.56 Å². The average molecular weight is 199 g/mol. The molecule has 0 aliphatic carbocycles. The first-order valence-electron chi connectivity index (χ1n) is 4.28. The van der Waals surface area contributed by atoms with E-state index in [9.17, 15) is 4.79 Å². The first-order chi connectivity index (χ1) is 6.70. The SMILES string of the molecule is Nc1c(CCO)n[nH]c(=O)c1CCO. The first kappa shape index (κ1) is 10.7. The Kier molecular flexibility index (Phi) is 3.61. The van der Waals surface area contributed by atoms with Crippen molar-refractivity contribution in [3.63, 3.8) is 0 Å². The molecule has 78 valence electrons. The zero-order valence-electron chi connectivity index (χ0n) is 7.66. The number of hydrogen-bond donors (Lipinski definition) is 4. The molecule has 0 bridgehead atoms. The Labute approximate surface area is 80.4 Å². The van der Waals surface area contributed by atoms with Crippen LogP contribution in [0, 0.1) is 0 Å². The van der Waals surface area contributed by atoms with Crippen LogP contribution in [0.15, 0.2) is 4.79 Å². The minimum Gasteiger partial charge on any atom is -0.397 e. The fraction of sp³-hybridized carbons (Fsp3) is 0.500. The quantitative estimate of drug-likeness (QED) is 0.467. The Balaban J connectivity index is 3.12. The molecule has 0 aliphatic heterocycles. The molecule has 1 heterocycles. The van der Waals surface area contributed by atoms with Crippen LogP contribution in [0.3, 0.4) is 0 Å². The van der Waals surface area contributed by atoms with Crippen LogP contribution in [-0.2, 0) is 12.8 Å². The van der Waals surface area contributed by atoms with E-state index in [4.69, 9.17) is 15.9 Å². The van der Waals surface area contributed by atoms with Crippen molar-refractivity contribution in [2.45, 2.75) is 12.8 Å². The molecule has 1 aromatic heterocycles. The molecule has 0 saturated heterocycles. The number of nitrogens with one attached hydrogen (secondary N) is 1. The maximum atomic E-state index is 11.2. The molecule has 6 heteroatoms. The van der Waals surface area contributed by atoms with Crippen LogP contribution in [0.5, 0.6) is 0 Å². The molecule has 0 aromatic carbocycles. The number of rotatable bonds is 4. The normalized spacial score (nSPS) is 10.4. The van der Waals surface area contributed by atoms with E-state index in [0.29, 0.717) is 17.7 Å². The Morgan fingerprint density at radius 3 is 2.50 bits per heavy atom. The molecule has 0 amide bonds. The van der Waals surface area contributed by atoms with Gasteiger partial charge >= 0.3 is 0 Å². The number of aliphatic hydroxyl groups excluding tert-OH is 2. The molecule has 0 saturated carbocycles. The average Bonchev–Trinajstić information content (AvgIpc) is 2.17. The molecule has 1 aromatic rings. The Morgan fingerprint density at radius 1 is 1.29 bits per heavy atom. The maximum Gasteiger partial charge on any atom is 0.269 e. The molecule has 0 spiro atoms. The van der Waals surface area contributed by atoms with Crippen LogP contribution in [0.25, 0.3) is 0 Å². The second-order valence-electron chi connectivity index (χ2n) is 2.84. The molecule has 0 atom stereocenters. The topological polar surface area (TPSA) is 112 Å². The van der Waals surface area contributed by atoms with E-state index >= 15 is 0 Å². The van der Waals surface area contributed by atoms with Gasteiger partial charge in [-0.05, 0) is 0 Å². The lowest BCUT2D eigenvalue weighted by Crippen LogP contribution is -2.21. The second-order valence-corrected chi connectivity index (χ2v) is 2.84. The highest BCUT2D eigenvalue weighted by Gasteiger charge is 2.09. The summed E-state index contributed by atoms with van der Waals surface area (Å²) in [6.07, 6.45) is 0.489. The molecule has 14 heavy (non-hydrogen) atoms. The van der Waals surface area contributed by atoms with Crippen LogP contribution in [0.2, 0.25) is 0 Å².